The van der Waals surface area contributed by atoms with Crippen LogP contribution in [0.25, 0.3) is 11.1 Å². The van der Waals surface area contributed by atoms with E-state index in [-0.39, 0.29) is 38.3 Å². The molecule has 1 aliphatic carbocycles. The molecule has 3 rings (SSSR count). The highest BCUT2D eigenvalue weighted by molar-refractivity contribution is 5.87. The van der Waals surface area contributed by atoms with Crippen LogP contribution in [-0.4, -0.2) is 67.8 Å². The largest absolute Gasteiger partial charge is 0.493 e. The normalized spacial score (nSPS) is 13.9. The van der Waals surface area contributed by atoms with Gasteiger partial charge in [0, 0.05) is 22.1 Å². The third-order valence-electron chi connectivity index (χ3n) is 10.6. The lowest BCUT2D eigenvalue weighted by Gasteiger charge is -2.30. The molecule has 9 heteroatoms. The Kier molecular flexibility index (Phi) is 19.9. The highest BCUT2D eigenvalue weighted by atomic mass is 16.5. The van der Waals surface area contributed by atoms with Crippen molar-refractivity contribution < 1.29 is 43.5 Å². The molecule has 1 unspecified atom stereocenters. The third kappa shape index (κ3) is 14.6. The summed E-state index contributed by atoms with van der Waals surface area (Å²) in [5.41, 5.74) is 8.35. The van der Waals surface area contributed by atoms with E-state index in [1.165, 1.54) is 22.3 Å². The second kappa shape index (κ2) is 24.3. The molecule has 0 fully saturated rings. The van der Waals surface area contributed by atoms with Gasteiger partial charge in [0.1, 0.15) is 5.75 Å². The summed E-state index contributed by atoms with van der Waals surface area (Å²) in [6, 6.07) is 13.0. The molecule has 1 aliphatic rings. The van der Waals surface area contributed by atoms with Crippen LogP contribution in [0.5, 0.6) is 5.75 Å². The zero-order valence-electron chi connectivity index (χ0n) is 35.6. The van der Waals surface area contributed by atoms with E-state index in [1.54, 1.807) is 20.8 Å². The second-order valence-electron chi connectivity index (χ2n) is 15.7. The minimum Gasteiger partial charge on any atom is -0.493 e. The van der Waals surface area contributed by atoms with Crippen LogP contribution >= 0.6 is 0 Å². The summed E-state index contributed by atoms with van der Waals surface area (Å²) >= 11 is 0. The highest BCUT2D eigenvalue weighted by Gasteiger charge is 2.29. The molecular formula is C49H66O9. The van der Waals surface area contributed by atoms with Crippen LogP contribution in [0.4, 0.5) is 0 Å². The quantitative estimate of drug-likeness (QED) is 0.0414. The minimum absolute atomic E-state index is 0.136. The summed E-state index contributed by atoms with van der Waals surface area (Å²) in [5, 5.41) is 20.5. The number of aliphatic hydroxyl groups is 2. The van der Waals surface area contributed by atoms with E-state index >= 15 is 0 Å². The van der Waals surface area contributed by atoms with Crippen molar-refractivity contribution in [3.63, 3.8) is 0 Å². The predicted octanol–water partition coefficient (Wildman–Crippen LogP) is 9.28. The Bertz CT molecular complexity index is 1740. The predicted molar refractivity (Wildman–Crippen MR) is 231 cm³/mol. The SMILES string of the molecule is C=C(C)C(=O)OCCCc1ccc(C2=CC=C(c3cc(CCCOC(=O)C(=C)C)c(OCCC(CO)(CO)CCC)c(CCCOC(=O)C(=C)C)c3)C(CC)C2)cc1. The van der Waals surface area contributed by atoms with Crippen molar-refractivity contribution in [1.29, 1.82) is 0 Å². The third-order valence-corrected chi connectivity index (χ3v) is 10.6. The molecule has 0 heterocycles. The van der Waals surface area contributed by atoms with Crippen LogP contribution in [0, 0.1) is 11.3 Å². The van der Waals surface area contributed by atoms with Crippen molar-refractivity contribution in [2.45, 2.75) is 105 Å². The number of allylic oxidation sites excluding steroid dienone is 4. The summed E-state index contributed by atoms with van der Waals surface area (Å²) < 4.78 is 22.8. The first kappa shape index (κ1) is 47.6. The van der Waals surface area contributed by atoms with Gasteiger partial charge in [0.15, 0.2) is 0 Å². The zero-order valence-corrected chi connectivity index (χ0v) is 35.6. The molecule has 0 aliphatic heterocycles. The average Bonchev–Trinajstić information content (AvgIpc) is 3.22. The topological polar surface area (TPSA) is 129 Å². The second-order valence-corrected chi connectivity index (χ2v) is 15.7. The number of benzene rings is 2. The molecule has 0 amide bonds. The zero-order chi connectivity index (χ0) is 42.7. The molecule has 0 radical (unpaired) electrons. The van der Waals surface area contributed by atoms with Crippen LogP contribution in [0.3, 0.4) is 0 Å². The van der Waals surface area contributed by atoms with E-state index in [1.807, 2.05) is 6.92 Å². The molecule has 9 nitrogen and oxygen atoms in total. The molecular weight excluding hydrogens is 733 g/mol. The lowest BCUT2D eigenvalue weighted by Crippen LogP contribution is -2.31. The Labute approximate surface area is 346 Å². The van der Waals surface area contributed by atoms with Crippen LogP contribution < -0.4 is 4.74 Å². The fourth-order valence-electron chi connectivity index (χ4n) is 7.10. The van der Waals surface area contributed by atoms with Crippen LogP contribution in [0.1, 0.15) is 114 Å². The summed E-state index contributed by atoms with van der Waals surface area (Å²) in [7, 11) is 0. The van der Waals surface area contributed by atoms with Gasteiger partial charge in [-0.2, -0.15) is 0 Å². The summed E-state index contributed by atoms with van der Waals surface area (Å²) in [6.45, 7) is 21.0. The fraction of sp³-hybridized carbons (Fsp3) is 0.490. The Balaban J connectivity index is 1.98. The Morgan fingerprint density at radius 1 is 0.690 bits per heavy atom. The first-order valence-electron chi connectivity index (χ1n) is 20.8. The van der Waals surface area contributed by atoms with Gasteiger partial charge in [-0.25, -0.2) is 14.4 Å². The Morgan fingerprint density at radius 3 is 1.64 bits per heavy atom. The van der Waals surface area contributed by atoms with Gasteiger partial charge in [-0.3, -0.25) is 0 Å². The van der Waals surface area contributed by atoms with Crippen molar-refractivity contribution >= 4 is 29.1 Å². The first-order chi connectivity index (χ1) is 27.8. The molecule has 0 saturated heterocycles. The van der Waals surface area contributed by atoms with Crippen LogP contribution in [0.2, 0.25) is 0 Å². The monoisotopic (exact) mass is 798 g/mol. The van der Waals surface area contributed by atoms with Gasteiger partial charge < -0.3 is 29.2 Å². The fourth-order valence-corrected chi connectivity index (χ4v) is 7.10. The maximum absolute atomic E-state index is 12.2. The number of esters is 3. The van der Waals surface area contributed by atoms with E-state index in [2.05, 4.69) is 75.2 Å². The van der Waals surface area contributed by atoms with E-state index in [9.17, 15) is 24.6 Å². The van der Waals surface area contributed by atoms with Gasteiger partial charge in [0.25, 0.3) is 0 Å². The number of hydrogen-bond donors (Lipinski definition) is 2. The highest BCUT2D eigenvalue weighted by Crippen LogP contribution is 2.41. The van der Waals surface area contributed by atoms with Crippen molar-refractivity contribution in [2.75, 3.05) is 39.6 Å². The lowest BCUT2D eigenvalue weighted by molar-refractivity contribution is -0.139. The number of carbonyl (C=O) groups is 3. The number of carbonyl (C=O) groups excluding carboxylic acids is 3. The van der Waals surface area contributed by atoms with Crippen molar-refractivity contribution in [3.05, 3.63) is 113 Å². The molecule has 1 atom stereocenters. The van der Waals surface area contributed by atoms with Gasteiger partial charge in [-0.15, -0.1) is 0 Å². The molecule has 0 spiro atoms. The Morgan fingerprint density at radius 2 is 1.19 bits per heavy atom. The number of ether oxygens (including phenoxy) is 4. The molecule has 2 aromatic rings. The molecule has 58 heavy (non-hydrogen) atoms. The van der Waals surface area contributed by atoms with Gasteiger partial charge >= 0.3 is 17.9 Å². The molecule has 316 valence electrons. The number of aryl methyl sites for hydroxylation is 3. The molecule has 0 aromatic heterocycles. The molecule has 0 saturated carbocycles. The average molecular weight is 799 g/mol. The molecule has 2 N–H and O–H groups in total. The maximum atomic E-state index is 12.2. The van der Waals surface area contributed by atoms with E-state index < -0.39 is 17.4 Å². The van der Waals surface area contributed by atoms with E-state index in [0.717, 1.165) is 54.5 Å². The van der Waals surface area contributed by atoms with Crippen molar-refractivity contribution in [1.82, 2.24) is 0 Å². The minimum atomic E-state index is -0.644. The van der Waals surface area contributed by atoms with Gasteiger partial charge in [0.05, 0.1) is 39.6 Å². The van der Waals surface area contributed by atoms with Gasteiger partial charge in [-0.1, -0.05) is 76.4 Å². The molecule has 0 bridgehead atoms. The summed E-state index contributed by atoms with van der Waals surface area (Å²) in [6.07, 6.45) is 12.1. The van der Waals surface area contributed by atoms with E-state index in [0.29, 0.717) is 68.5 Å². The Hall–Kier alpha value is -4.73. The van der Waals surface area contributed by atoms with Crippen LogP contribution in [0.15, 0.2) is 85.0 Å². The smallest absolute Gasteiger partial charge is 0.333 e. The molecule has 2 aromatic carbocycles. The number of rotatable bonds is 26. The van der Waals surface area contributed by atoms with E-state index in [4.69, 9.17) is 18.9 Å². The van der Waals surface area contributed by atoms with Crippen molar-refractivity contribution in [3.8, 4) is 5.75 Å². The number of hydrogen-bond acceptors (Lipinski definition) is 9. The summed E-state index contributed by atoms with van der Waals surface area (Å²) in [5.74, 6) is -0.215. The summed E-state index contributed by atoms with van der Waals surface area (Å²) in [4.78, 5) is 36.0. The standard InChI is InChI=1S/C49H66O9/c1-9-23-49(32-50,33-51)24-28-55-45-41(15-12-26-57-47(53)35(5)6)30-43(31-42(45)16-13-27-58-48(54)36(7)8)44-22-21-40(29-38(44)10-2)39-19-17-37(18-20-39)14-11-25-56-46(52)34(3)4/h17-22,30-31,38,50-51H,3,5,7,9-16,23-29,32-33H2,1-2,4,6,8H3. The first-order valence-corrected chi connectivity index (χ1v) is 20.8. The van der Waals surface area contributed by atoms with Gasteiger partial charge in [0.2, 0.25) is 0 Å². The number of aliphatic hydroxyl groups excluding tert-OH is 2. The van der Waals surface area contributed by atoms with Crippen LogP contribution in [-0.2, 0) is 47.9 Å². The van der Waals surface area contributed by atoms with Gasteiger partial charge in [-0.05, 0) is 142 Å². The maximum Gasteiger partial charge on any atom is 0.333 e. The van der Waals surface area contributed by atoms with Crippen molar-refractivity contribution in [2.24, 2.45) is 11.3 Å². The lowest BCUT2D eigenvalue weighted by atomic mass is 9.79.